The number of nitrogens with zero attached hydrogens (tertiary/aromatic N) is 1. The Hall–Kier alpha value is -1.94. The first-order chi connectivity index (χ1) is 10.3. The molecule has 0 unspecified atom stereocenters. The molecule has 3 nitrogen and oxygen atoms in total. The number of hydrogen-bond donors (Lipinski definition) is 1. The number of nitrogens with one attached hydrogen (secondary N) is 1. The molecule has 4 heteroatoms. The highest BCUT2D eigenvalue weighted by Gasteiger charge is 2.28. The normalized spacial score (nSPS) is 18.5. The lowest BCUT2D eigenvalue weighted by Crippen LogP contribution is -2.38. The first-order valence-electron chi connectivity index (χ1n) is 7.30. The van der Waals surface area contributed by atoms with E-state index < -0.39 is 0 Å². The van der Waals surface area contributed by atoms with Crippen molar-refractivity contribution in [2.45, 2.75) is 25.3 Å². The predicted molar refractivity (Wildman–Crippen MR) is 85.7 cm³/mol. The summed E-state index contributed by atoms with van der Waals surface area (Å²) >= 11 is 5.09. The monoisotopic (exact) mass is 298 g/mol. The van der Waals surface area contributed by atoms with Crippen molar-refractivity contribution < 1.29 is 4.79 Å². The Bertz CT molecular complexity index is 660. The largest absolute Gasteiger partial charge is 0.353 e. The van der Waals surface area contributed by atoms with E-state index in [9.17, 15) is 4.79 Å². The Labute approximate surface area is 129 Å². The molecule has 0 aliphatic carbocycles. The molecule has 2 heterocycles. The van der Waals surface area contributed by atoms with Gasteiger partial charge in [-0.3, -0.25) is 4.79 Å². The second kappa shape index (κ2) is 6.22. The quantitative estimate of drug-likeness (QED) is 0.847. The Kier molecular flexibility index (Phi) is 4.15. The van der Waals surface area contributed by atoms with Crippen molar-refractivity contribution in [3.63, 3.8) is 0 Å². The third-order valence-corrected chi connectivity index (χ3v) is 4.23. The second-order valence-electron chi connectivity index (χ2n) is 5.36. The molecule has 0 saturated carbocycles. The van der Waals surface area contributed by atoms with Crippen molar-refractivity contribution in [3.8, 4) is 0 Å². The minimum absolute atomic E-state index is 0.114. The number of carbonyl (C=O) groups is 1. The van der Waals surface area contributed by atoms with Gasteiger partial charge >= 0.3 is 0 Å². The van der Waals surface area contributed by atoms with E-state index in [0.717, 1.165) is 41.6 Å². The summed E-state index contributed by atoms with van der Waals surface area (Å²) in [5, 5.41) is 0. The third-order valence-electron chi connectivity index (χ3n) is 3.98. The summed E-state index contributed by atoms with van der Waals surface area (Å²) in [5.74, 6) is 0.114. The maximum atomic E-state index is 12.7. The first kappa shape index (κ1) is 14.0. The molecule has 1 aliphatic rings. The lowest BCUT2D eigenvalue weighted by atomic mass is 9.95. The van der Waals surface area contributed by atoms with Gasteiger partial charge in [-0.15, -0.1) is 0 Å². The second-order valence-corrected chi connectivity index (χ2v) is 5.80. The van der Waals surface area contributed by atoms with E-state index in [4.69, 9.17) is 12.2 Å². The third kappa shape index (κ3) is 3.05. The number of H-pyrrole nitrogens is 1. The van der Waals surface area contributed by atoms with Crippen LogP contribution in [0.5, 0.6) is 0 Å². The van der Waals surface area contributed by atoms with Gasteiger partial charge < -0.3 is 9.88 Å². The lowest BCUT2D eigenvalue weighted by molar-refractivity contribution is 0.0611. The minimum atomic E-state index is 0.114. The minimum Gasteiger partial charge on any atom is -0.353 e. The fourth-order valence-corrected chi connectivity index (χ4v) is 3.02. The molecule has 0 radical (unpaired) electrons. The smallest absolute Gasteiger partial charge is 0.254 e. The summed E-state index contributed by atoms with van der Waals surface area (Å²) in [6.07, 6.45) is 5.16. The van der Waals surface area contributed by atoms with Crippen LogP contribution in [0, 0.1) is 4.64 Å². The van der Waals surface area contributed by atoms with Crippen molar-refractivity contribution in [1.29, 1.82) is 0 Å². The summed E-state index contributed by atoms with van der Waals surface area (Å²) in [6.45, 7) is 0.814. The molecule has 2 aromatic rings. The predicted octanol–water partition coefficient (Wildman–Crippen LogP) is 4.11. The van der Waals surface area contributed by atoms with E-state index >= 15 is 0 Å². The van der Waals surface area contributed by atoms with Crippen LogP contribution in [0.25, 0.3) is 0 Å². The van der Waals surface area contributed by atoms with Gasteiger partial charge in [-0.2, -0.15) is 0 Å². The summed E-state index contributed by atoms with van der Waals surface area (Å²) in [5.41, 5.74) is 1.89. The number of pyridine rings is 1. The zero-order valence-electron chi connectivity index (χ0n) is 11.8. The van der Waals surface area contributed by atoms with Gasteiger partial charge in [0.25, 0.3) is 5.91 Å². The van der Waals surface area contributed by atoms with Crippen molar-refractivity contribution in [1.82, 2.24) is 9.88 Å². The molecule has 1 aromatic carbocycles. The van der Waals surface area contributed by atoms with Gasteiger partial charge in [0.1, 0.15) is 4.64 Å². The van der Waals surface area contributed by atoms with Crippen molar-refractivity contribution in [2.24, 2.45) is 0 Å². The maximum Gasteiger partial charge on any atom is 0.254 e. The van der Waals surface area contributed by atoms with Gasteiger partial charge in [-0.1, -0.05) is 36.5 Å². The Morgan fingerprint density at radius 1 is 1.14 bits per heavy atom. The highest BCUT2D eigenvalue weighted by molar-refractivity contribution is 7.71. The molecule has 1 aliphatic heterocycles. The fourth-order valence-electron chi connectivity index (χ4n) is 2.90. The van der Waals surface area contributed by atoms with Crippen molar-refractivity contribution in [3.05, 3.63) is 64.4 Å². The van der Waals surface area contributed by atoms with E-state index in [0.29, 0.717) is 0 Å². The van der Waals surface area contributed by atoms with E-state index in [-0.39, 0.29) is 11.9 Å². The number of amides is 1. The fraction of sp³-hybridized carbons (Fsp3) is 0.294. The Morgan fingerprint density at radius 2 is 1.95 bits per heavy atom. The average Bonchev–Trinajstić information content (AvgIpc) is 2.56. The van der Waals surface area contributed by atoms with E-state index in [1.165, 1.54) is 0 Å². The summed E-state index contributed by atoms with van der Waals surface area (Å²) in [6, 6.07) is 13.6. The van der Waals surface area contributed by atoms with Gasteiger partial charge in [0.2, 0.25) is 0 Å². The topological polar surface area (TPSA) is 36.1 Å². The van der Waals surface area contributed by atoms with Crippen LogP contribution >= 0.6 is 12.2 Å². The number of piperidine rings is 1. The highest BCUT2D eigenvalue weighted by Crippen LogP contribution is 2.31. The molecule has 0 bridgehead atoms. The molecule has 0 spiro atoms. The van der Waals surface area contributed by atoms with Crippen LogP contribution in [-0.2, 0) is 0 Å². The maximum absolute atomic E-state index is 12.7. The van der Waals surface area contributed by atoms with Crippen LogP contribution in [0.1, 0.15) is 41.2 Å². The summed E-state index contributed by atoms with van der Waals surface area (Å²) in [4.78, 5) is 17.8. The zero-order valence-corrected chi connectivity index (χ0v) is 12.6. The molecule has 1 atom stereocenters. The summed E-state index contributed by atoms with van der Waals surface area (Å²) < 4.78 is 0.718. The number of benzene rings is 1. The zero-order chi connectivity index (χ0) is 14.7. The van der Waals surface area contributed by atoms with Crippen molar-refractivity contribution in [2.75, 3.05) is 6.54 Å². The number of carbonyl (C=O) groups excluding carboxylic acids is 1. The average molecular weight is 298 g/mol. The van der Waals surface area contributed by atoms with Crippen LogP contribution in [0.4, 0.5) is 0 Å². The first-order valence-corrected chi connectivity index (χ1v) is 7.71. The molecular weight excluding hydrogens is 280 g/mol. The Morgan fingerprint density at radius 3 is 2.67 bits per heavy atom. The van der Waals surface area contributed by atoms with E-state index in [2.05, 4.69) is 4.98 Å². The highest BCUT2D eigenvalue weighted by atomic mass is 32.1. The number of hydrogen-bond acceptors (Lipinski definition) is 2. The van der Waals surface area contributed by atoms with Gasteiger partial charge in [-0.25, -0.2) is 0 Å². The molecular formula is C17H18N2OS. The van der Waals surface area contributed by atoms with E-state index in [1.54, 1.807) is 0 Å². The molecule has 1 saturated heterocycles. The van der Waals surface area contributed by atoms with Crippen LogP contribution in [-0.4, -0.2) is 22.3 Å². The van der Waals surface area contributed by atoms with Crippen LogP contribution in [0.2, 0.25) is 0 Å². The SMILES string of the molecule is O=C(c1ccccc1)N1CCCC[C@H]1c1ccc(=S)[nH]c1. The van der Waals surface area contributed by atoms with Gasteiger partial charge in [0.15, 0.2) is 0 Å². The van der Waals surface area contributed by atoms with Gasteiger partial charge in [-0.05, 0) is 43.0 Å². The van der Waals surface area contributed by atoms with Gasteiger partial charge in [0.05, 0.1) is 6.04 Å². The van der Waals surface area contributed by atoms with Gasteiger partial charge in [0, 0.05) is 18.3 Å². The number of rotatable bonds is 2. The molecule has 1 aromatic heterocycles. The molecule has 1 N–H and O–H groups in total. The molecule has 3 rings (SSSR count). The van der Waals surface area contributed by atoms with E-state index in [1.807, 2.05) is 53.6 Å². The van der Waals surface area contributed by atoms with Crippen LogP contribution < -0.4 is 0 Å². The standard InChI is InChI=1S/C17H18N2OS/c20-17(13-6-2-1-3-7-13)19-11-5-4-8-15(19)14-9-10-16(21)18-12-14/h1-3,6-7,9-10,12,15H,4-5,8,11H2,(H,18,21)/t15-/m0/s1. The molecule has 21 heavy (non-hydrogen) atoms. The summed E-state index contributed by atoms with van der Waals surface area (Å²) in [7, 11) is 0. The lowest BCUT2D eigenvalue weighted by Gasteiger charge is -2.36. The molecule has 1 amide bonds. The van der Waals surface area contributed by atoms with Crippen LogP contribution in [0.15, 0.2) is 48.7 Å². The molecule has 108 valence electrons. The number of aromatic nitrogens is 1. The number of aromatic amines is 1. The number of likely N-dealkylation sites (tertiary alicyclic amines) is 1. The molecule has 1 fully saturated rings. The van der Waals surface area contributed by atoms with Crippen LogP contribution in [0.3, 0.4) is 0 Å². The van der Waals surface area contributed by atoms with Crippen molar-refractivity contribution >= 4 is 18.1 Å². The Balaban J connectivity index is 1.89.